The van der Waals surface area contributed by atoms with Crippen molar-refractivity contribution >= 4 is 11.7 Å². The average molecular weight is 624 g/mol. The van der Waals surface area contributed by atoms with E-state index in [4.69, 9.17) is 9.72 Å². The van der Waals surface area contributed by atoms with E-state index in [1.165, 1.54) is 0 Å². The van der Waals surface area contributed by atoms with Crippen LogP contribution in [0.5, 0.6) is 0 Å². The van der Waals surface area contributed by atoms with Gasteiger partial charge in [0.2, 0.25) is 0 Å². The number of nitrogens with zero attached hydrogens (tertiary/aromatic N) is 3. The molecule has 242 valence electrons. The summed E-state index contributed by atoms with van der Waals surface area (Å²) in [6.07, 6.45) is 1.38. The van der Waals surface area contributed by atoms with Gasteiger partial charge in [-0.2, -0.15) is 0 Å². The lowest BCUT2D eigenvalue weighted by Gasteiger charge is -2.41. The molecule has 2 aliphatic rings. The van der Waals surface area contributed by atoms with Gasteiger partial charge >= 0.3 is 5.97 Å². The fraction of sp³-hybridized carbons (Fsp3) is 0.500. The highest BCUT2D eigenvalue weighted by atomic mass is 19.2. The second-order valence-electron chi connectivity index (χ2n) is 14.3. The van der Waals surface area contributed by atoms with Gasteiger partial charge in [0.05, 0.1) is 11.3 Å². The Morgan fingerprint density at radius 3 is 2.31 bits per heavy atom. The number of pyridine rings is 1. The van der Waals surface area contributed by atoms with Crippen molar-refractivity contribution in [1.82, 2.24) is 9.88 Å². The molecule has 6 nitrogen and oxygen atoms in total. The van der Waals surface area contributed by atoms with Crippen LogP contribution in [0.2, 0.25) is 0 Å². The Morgan fingerprint density at radius 2 is 1.67 bits per heavy atom. The Bertz CT molecular complexity index is 1610. The van der Waals surface area contributed by atoms with E-state index in [1.807, 2.05) is 51.7 Å². The molecule has 1 aromatic heterocycles. The largest absolute Gasteiger partial charge is 0.479 e. The maximum atomic E-state index is 14.4. The second kappa shape index (κ2) is 12.4. The normalized spacial score (nSPS) is 17.7. The zero-order chi connectivity index (χ0) is 32.8. The van der Waals surface area contributed by atoms with E-state index < -0.39 is 35.1 Å². The number of fused-ring (bicyclic) bond motifs is 1. The quantitative estimate of drug-likeness (QED) is 0.270. The van der Waals surface area contributed by atoms with Gasteiger partial charge in [0, 0.05) is 60.8 Å². The van der Waals surface area contributed by atoms with Crippen LogP contribution in [0.4, 0.5) is 18.9 Å². The highest BCUT2D eigenvalue weighted by molar-refractivity contribution is 5.88. The Morgan fingerprint density at radius 1 is 1.00 bits per heavy atom. The number of rotatable bonds is 7. The monoisotopic (exact) mass is 623 g/mol. The van der Waals surface area contributed by atoms with Crippen molar-refractivity contribution in [2.45, 2.75) is 92.5 Å². The molecule has 0 saturated carbocycles. The Kier molecular flexibility index (Phi) is 9.08. The number of benzene rings is 2. The summed E-state index contributed by atoms with van der Waals surface area (Å²) in [6, 6.07) is 7.95. The first-order valence-corrected chi connectivity index (χ1v) is 15.7. The van der Waals surface area contributed by atoms with E-state index in [-0.39, 0.29) is 17.5 Å². The third-order valence-electron chi connectivity index (χ3n) is 9.08. The van der Waals surface area contributed by atoms with E-state index in [1.54, 1.807) is 0 Å². The summed E-state index contributed by atoms with van der Waals surface area (Å²) in [6.45, 7) is 16.5. The molecule has 3 heterocycles. The van der Waals surface area contributed by atoms with Crippen LogP contribution in [0.1, 0.15) is 87.2 Å². The van der Waals surface area contributed by atoms with E-state index in [9.17, 15) is 23.1 Å². The van der Waals surface area contributed by atoms with E-state index in [0.29, 0.717) is 30.8 Å². The van der Waals surface area contributed by atoms with Crippen molar-refractivity contribution in [3.8, 4) is 11.1 Å². The van der Waals surface area contributed by atoms with Crippen molar-refractivity contribution in [3.05, 3.63) is 81.4 Å². The molecule has 3 aromatic rings. The number of halogens is 3. The zero-order valence-electron chi connectivity index (χ0n) is 27.4. The molecule has 1 saturated heterocycles. The highest BCUT2D eigenvalue weighted by Gasteiger charge is 2.36. The Labute approximate surface area is 264 Å². The van der Waals surface area contributed by atoms with Crippen LogP contribution >= 0.6 is 0 Å². The zero-order valence-corrected chi connectivity index (χ0v) is 27.4. The first kappa shape index (κ1) is 32.9. The molecule has 1 N–H and O–H groups in total. The smallest absolute Gasteiger partial charge is 0.337 e. The van der Waals surface area contributed by atoms with Gasteiger partial charge in [-0.15, -0.1) is 0 Å². The second-order valence-corrected chi connectivity index (χ2v) is 14.3. The lowest BCUT2D eigenvalue weighted by molar-refractivity contribution is -0.160. The molecule has 0 aliphatic carbocycles. The Balaban J connectivity index is 1.57. The van der Waals surface area contributed by atoms with Gasteiger partial charge in [0.25, 0.3) is 0 Å². The molecule has 45 heavy (non-hydrogen) atoms. The molecule has 2 aromatic carbocycles. The minimum atomic E-state index is -1.20. The lowest BCUT2D eigenvalue weighted by Crippen LogP contribution is -2.39. The van der Waals surface area contributed by atoms with Crippen LogP contribution in [-0.2, 0) is 29.0 Å². The molecule has 0 spiro atoms. The predicted octanol–water partition coefficient (Wildman–Crippen LogP) is 7.91. The summed E-state index contributed by atoms with van der Waals surface area (Å²) < 4.78 is 48.8. The third-order valence-corrected chi connectivity index (χ3v) is 9.08. The van der Waals surface area contributed by atoms with Gasteiger partial charge in [-0.05, 0) is 88.1 Å². The molecule has 0 radical (unpaired) electrons. The number of carboxylic acids is 1. The minimum absolute atomic E-state index is 0.0270. The maximum Gasteiger partial charge on any atom is 0.337 e. The van der Waals surface area contributed by atoms with Gasteiger partial charge in [0.1, 0.15) is 5.82 Å². The summed E-state index contributed by atoms with van der Waals surface area (Å²) in [7, 11) is 0. The summed E-state index contributed by atoms with van der Waals surface area (Å²) in [5.74, 6) is -4.00. The van der Waals surface area contributed by atoms with Gasteiger partial charge in [-0.25, -0.2) is 18.0 Å². The number of carbonyl (C=O) groups is 1. The van der Waals surface area contributed by atoms with E-state index in [0.717, 1.165) is 71.7 Å². The number of aryl methyl sites for hydroxylation is 2. The van der Waals surface area contributed by atoms with Crippen molar-refractivity contribution in [2.75, 3.05) is 24.5 Å². The van der Waals surface area contributed by atoms with Crippen LogP contribution in [0.15, 0.2) is 30.3 Å². The topological polar surface area (TPSA) is 65.9 Å². The molecular formula is C36H44F3N3O3. The third kappa shape index (κ3) is 7.04. The lowest BCUT2D eigenvalue weighted by atomic mass is 9.81. The molecule has 5 rings (SSSR count). The molecule has 9 heteroatoms. The van der Waals surface area contributed by atoms with Crippen LogP contribution in [0.25, 0.3) is 11.1 Å². The standard InChI is InChI=1S/C36H44F3N3O3/c1-21-29(24-8-9-25-19-41(15-12-23(25)18-24)20-26-27(37)10-11-28(38)31(26)39)32(42-16-13-36(6,7)14-17-42)30(22(2)40-21)33(34(43)44)45-35(3,4)5/h8-11,18,33H,12-17,19-20H2,1-7H3,(H,43,44). The first-order chi connectivity index (χ1) is 21.0. The van der Waals surface area contributed by atoms with Gasteiger partial charge in [0.15, 0.2) is 17.7 Å². The van der Waals surface area contributed by atoms with Crippen molar-refractivity contribution in [3.63, 3.8) is 0 Å². The average Bonchev–Trinajstić information content (AvgIpc) is 2.95. The Hall–Kier alpha value is -3.43. The number of carboxylic acid groups (broad SMARTS) is 1. The van der Waals surface area contributed by atoms with Gasteiger partial charge < -0.3 is 14.7 Å². The number of aromatic nitrogens is 1. The summed E-state index contributed by atoms with van der Waals surface area (Å²) >= 11 is 0. The van der Waals surface area contributed by atoms with E-state index >= 15 is 0 Å². The molecule has 1 unspecified atom stereocenters. The van der Waals surface area contributed by atoms with E-state index in [2.05, 4.69) is 24.8 Å². The number of aliphatic carboxylic acids is 1. The number of hydrogen-bond donors (Lipinski definition) is 1. The SMILES string of the molecule is Cc1nc(C)c(C(OC(C)(C)C)C(=O)O)c(N2CCC(C)(C)CC2)c1-c1ccc2c(c1)CCN(Cc1c(F)ccc(F)c1F)C2. The first-order valence-electron chi connectivity index (χ1n) is 15.7. The summed E-state index contributed by atoms with van der Waals surface area (Å²) in [4.78, 5) is 21.9. The fourth-order valence-corrected chi connectivity index (χ4v) is 6.59. The molecule has 1 atom stereocenters. The fourth-order valence-electron chi connectivity index (χ4n) is 6.59. The summed E-state index contributed by atoms with van der Waals surface area (Å²) in [5.41, 5.74) is 6.10. The molecule has 2 aliphatic heterocycles. The number of hydrogen-bond acceptors (Lipinski definition) is 5. The predicted molar refractivity (Wildman–Crippen MR) is 170 cm³/mol. The van der Waals surface area contributed by atoms with Crippen LogP contribution in [-0.4, -0.2) is 46.2 Å². The van der Waals surface area contributed by atoms with Crippen molar-refractivity contribution < 1.29 is 27.8 Å². The highest BCUT2D eigenvalue weighted by Crippen LogP contribution is 2.45. The van der Waals surface area contributed by atoms with Gasteiger partial charge in [-0.1, -0.05) is 32.0 Å². The van der Waals surface area contributed by atoms with Crippen LogP contribution in [0, 0.1) is 36.7 Å². The molecule has 0 bridgehead atoms. The minimum Gasteiger partial charge on any atom is -0.479 e. The molecule has 1 fully saturated rings. The van der Waals surface area contributed by atoms with Crippen LogP contribution in [0.3, 0.4) is 0 Å². The van der Waals surface area contributed by atoms with Crippen LogP contribution < -0.4 is 4.90 Å². The number of anilines is 1. The molecular weight excluding hydrogens is 579 g/mol. The van der Waals surface area contributed by atoms with Crippen molar-refractivity contribution in [2.24, 2.45) is 5.41 Å². The summed E-state index contributed by atoms with van der Waals surface area (Å²) in [5, 5.41) is 10.4. The van der Waals surface area contributed by atoms with Crippen molar-refractivity contribution in [1.29, 1.82) is 0 Å². The number of ether oxygens (including phenoxy) is 1. The van der Waals surface area contributed by atoms with Gasteiger partial charge in [-0.3, -0.25) is 9.88 Å². The number of piperidine rings is 1. The molecule has 0 amide bonds. The maximum absolute atomic E-state index is 14.4.